The summed E-state index contributed by atoms with van der Waals surface area (Å²) in [5, 5.41) is 21.4. The molecule has 0 saturated carbocycles. The van der Waals surface area contributed by atoms with Crippen molar-refractivity contribution in [1.29, 1.82) is 0 Å². The van der Waals surface area contributed by atoms with Gasteiger partial charge in [0.1, 0.15) is 6.61 Å². The Balaban J connectivity index is 2.70. The predicted molar refractivity (Wildman–Crippen MR) is 116 cm³/mol. The van der Waals surface area contributed by atoms with Gasteiger partial charge in [-0.3, -0.25) is 14.4 Å². The van der Waals surface area contributed by atoms with Crippen LogP contribution in [0, 0.1) is 0 Å². The van der Waals surface area contributed by atoms with E-state index in [0.29, 0.717) is 10.6 Å². The molecule has 2 rings (SSSR count). The van der Waals surface area contributed by atoms with Crippen LogP contribution in [-0.2, 0) is 16.1 Å². The number of phenols is 2. The van der Waals surface area contributed by atoms with E-state index in [2.05, 4.69) is 0 Å². The Hall–Kier alpha value is -3.39. The summed E-state index contributed by atoms with van der Waals surface area (Å²) >= 11 is 5.84. The summed E-state index contributed by atoms with van der Waals surface area (Å²) in [4.78, 5) is 50.2. The van der Waals surface area contributed by atoms with Crippen LogP contribution in [0.15, 0.2) is 24.3 Å². The summed E-state index contributed by atoms with van der Waals surface area (Å²) < 4.78 is 10.3. The molecule has 2 aromatic carbocycles. The molecule has 0 fully saturated rings. The number of Topliss-reactive ketones (excluding diaryl/α,β-unsaturated/α-hetero) is 2. The largest absolute Gasteiger partial charge is 0.504 e. The molecule has 8 nitrogen and oxygen atoms in total. The average molecular weight is 463 g/mol. The lowest BCUT2D eigenvalue weighted by molar-refractivity contribution is -0.134. The normalized spacial score (nSPS) is 10.5. The van der Waals surface area contributed by atoms with Gasteiger partial charge in [-0.2, -0.15) is 0 Å². The zero-order valence-electron chi connectivity index (χ0n) is 17.9. The van der Waals surface area contributed by atoms with Crippen molar-refractivity contribution in [2.24, 2.45) is 0 Å². The first-order valence-corrected chi connectivity index (χ1v) is 10.3. The number of halogens is 1. The van der Waals surface area contributed by atoms with Gasteiger partial charge in [0, 0.05) is 24.3 Å². The molecule has 0 aromatic heterocycles. The number of phenolic OH excluding ortho intramolecular Hbond substituents is 2. The fourth-order valence-corrected chi connectivity index (χ4v) is 3.01. The number of esters is 2. The molecule has 0 aliphatic carbocycles. The van der Waals surface area contributed by atoms with Crippen LogP contribution in [0.1, 0.15) is 76.7 Å². The Bertz CT molecular complexity index is 1060. The molecule has 2 N–H and O–H groups in total. The van der Waals surface area contributed by atoms with Crippen molar-refractivity contribution in [2.45, 2.75) is 46.6 Å². The lowest BCUT2D eigenvalue weighted by atomic mass is 9.91. The average Bonchev–Trinajstić information content (AvgIpc) is 2.80. The van der Waals surface area contributed by atoms with Crippen LogP contribution in [-0.4, -0.2) is 33.7 Å². The molecule has 0 aliphatic rings. The van der Waals surface area contributed by atoms with Crippen molar-refractivity contribution in [1.82, 2.24) is 0 Å². The van der Waals surface area contributed by atoms with E-state index in [-0.39, 0.29) is 25.9 Å². The molecule has 0 heterocycles. The predicted octanol–water partition coefficient (Wildman–Crippen LogP) is 4.61. The number of carbonyl (C=O) groups is 4. The van der Waals surface area contributed by atoms with Gasteiger partial charge in [-0.25, -0.2) is 4.79 Å². The minimum atomic E-state index is -1.10. The number of rotatable bonds is 9. The Morgan fingerprint density at radius 2 is 1.38 bits per heavy atom. The van der Waals surface area contributed by atoms with Gasteiger partial charge in [-0.15, -0.1) is 0 Å². The van der Waals surface area contributed by atoms with Gasteiger partial charge in [0.15, 0.2) is 23.1 Å². The van der Waals surface area contributed by atoms with Gasteiger partial charge >= 0.3 is 11.9 Å². The number of ether oxygens (including phenoxy) is 2. The quantitative estimate of drug-likeness (QED) is 0.239. The molecule has 0 radical (unpaired) electrons. The molecule has 170 valence electrons. The lowest BCUT2D eigenvalue weighted by Crippen LogP contribution is -2.20. The number of aromatic hydroxyl groups is 2. The van der Waals surface area contributed by atoms with Gasteiger partial charge in [0.25, 0.3) is 0 Å². The number of ketones is 2. The maximum Gasteiger partial charge on any atom is 0.340 e. The van der Waals surface area contributed by atoms with Crippen LogP contribution in [0.25, 0.3) is 0 Å². The molecular weight excluding hydrogens is 440 g/mol. The Morgan fingerprint density at radius 1 is 0.812 bits per heavy atom. The van der Waals surface area contributed by atoms with Crippen molar-refractivity contribution in [3.05, 3.63) is 51.5 Å². The molecule has 2 aromatic rings. The van der Waals surface area contributed by atoms with Crippen molar-refractivity contribution in [2.75, 3.05) is 0 Å². The van der Waals surface area contributed by atoms with Crippen LogP contribution >= 0.6 is 11.6 Å². The van der Waals surface area contributed by atoms with E-state index in [1.165, 1.54) is 20.8 Å². The van der Waals surface area contributed by atoms with Crippen LogP contribution in [0.2, 0.25) is 5.02 Å². The second-order valence-electron chi connectivity index (χ2n) is 6.74. The van der Waals surface area contributed by atoms with E-state index >= 15 is 0 Å². The maximum absolute atomic E-state index is 13.1. The zero-order chi connectivity index (χ0) is 24.0. The highest BCUT2D eigenvalue weighted by molar-refractivity contribution is 6.30. The van der Waals surface area contributed by atoms with Crippen LogP contribution < -0.4 is 4.74 Å². The summed E-state index contributed by atoms with van der Waals surface area (Å²) in [5.41, 5.74) is -1.05. The van der Waals surface area contributed by atoms with Crippen LogP contribution in [0.5, 0.6) is 17.2 Å². The first kappa shape index (κ1) is 24.9. The molecule has 0 unspecified atom stereocenters. The highest BCUT2D eigenvalue weighted by atomic mass is 35.5. The Labute approximate surface area is 189 Å². The van der Waals surface area contributed by atoms with Gasteiger partial charge in [-0.05, 0) is 17.7 Å². The molecule has 0 amide bonds. The van der Waals surface area contributed by atoms with E-state index in [4.69, 9.17) is 21.1 Å². The summed E-state index contributed by atoms with van der Waals surface area (Å²) in [6, 6.07) is 6.43. The molecule has 0 atom stereocenters. The van der Waals surface area contributed by atoms with Gasteiger partial charge < -0.3 is 19.7 Å². The van der Waals surface area contributed by atoms with Crippen molar-refractivity contribution < 1.29 is 38.9 Å². The molecule has 9 heteroatoms. The molecule has 0 saturated heterocycles. The summed E-state index contributed by atoms with van der Waals surface area (Å²) in [5.74, 6) is -5.96. The van der Waals surface area contributed by atoms with E-state index in [1.54, 1.807) is 24.3 Å². The molecule has 0 bridgehead atoms. The van der Waals surface area contributed by atoms with Gasteiger partial charge in [-0.1, -0.05) is 44.5 Å². The smallest absolute Gasteiger partial charge is 0.340 e. The highest BCUT2D eigenvalue weighted by Crippen LogP contribution is 2.45. The number of hydrogen-bond acceptors (Lipinski definition) is 8. The number of carbonyl (C=O) groups excluding carboxylic acids is 4. The van der Waals surface area contributed by atoms with Crippen LogP contribution in [0.4, 0.5) is 0 Å². The highest BCUT2D eigenvalue weighted by Gasteiger charge is 2.35. The third-order valence-electron chi connectivity index (χ3n) is 4.60. The molecule has 0 aliphatic heterocycles. The fourth-order valence-electron chi connectivity index (χ4n) is 2.88. The van der Waals surface area contributed by atoms with Crippen LogP contribution in [0.3, 0.4) is 0 Å². The summed E-state index contributed by atoms with van der Waals surface area (Å²) in [6.07, 6.45) is -0.387. The molecule has 32 heavy (non-hydrogen) atoms. The van der Waals surface area contributed by atoms with Crippen molar-refractivity contribution >= 4 is 35.1 Å². The monoisotopic (exact) mass is 462 g/mol. The van der Waals surface area contributed by atoms with E-state index < -0.39 is 57.4 Å². The van der Waals surface area contributed by atoms with E-state index in [0.717, 1.165) is 0 Å². The molecular formula is C23H23ClO8. The second-order valence-corrected chi connectivity index (χ2v) is 7.17. The second kappa shape index (κ2) is 10.8. The first-order chi connectivity index (χ1) is 15.2. The third-order valence-corrected chi connectivity index (χ3v) is 4.85. The molecule has 0 spiro atoms. The van der Waals surface area contributed by atoms with Crippen molar-refractivity contribution in [3.63, 3.8) is 0 Å². The lowest BCUT2D eigenvalue weighted by Gasteiger charge is -2.19. The fraction of sp³-hybridized carbons (Fsp3) is 0.304. The van der Waals surface area contributed by atoms with Gasteiger partial charge in [0.2, 0.25) is 5.75 Å². The number of hydrogen-bond donors (Lipinski definition) is 2. The van der Waals surface area contributed by atoms with Gasteiger partial charge in [0.05, 0.1) is 16.7 Å². The summed E-state index contributed by atoms with van der Waals surface area (Å²) in [7, 11) is 0. The SMILES string of the molecule is CCC(=O)Oc1c(O)c(O)c(C(=O)CC)c(C(=O)OCc2ccc(Cl)cc2)c1C(=O)CC. The zero-order valence-corrected chi connectivity index (χ0v) is 18.6. The maximum atomic E-state index is 13.1. The first-order valence-electron chi connectivity index (χ1n) is 9.96. The minimum absolute atomic E-state index is 0.105. The third kappa shape index (κ3) is 5.26. The minimum Gasteiger partial charge on any atom is -0.504 e. The number of benzene rings is 2. The standard InChI is InChI=1S/C23H23ClO8/c1-4-14(25)17-19(23(30)31-11-12-7-9-13(24)10-8-12)18(15(26)5-2)22(21(29)20(17)28)32-16(27)6-3/h7-10,28-29H,4-6,11H2,1-3H3. The van der Waals surface area contributed by atoms with E-state index in [9.17, 15) is 29.4 Å². The van der Waals surface area contributed by atoms with Crippen molar-refractivity contribution in [3.8, 4) is 17.2 Å². The van der Waals surface area contributed by atoms with E-state index in [1.807, 2.05) is 0 Å². The summed E-state index contributed by atoms with van der Waals surface area (Å²) in [6.45, 7) is 4.23. The topological polar surface area (TPSA) is 127 Å². The Kier molecular flexibility index (Phi) is 8.37. The Morgan fingerprint density at radius 3 is 1.91 bits per heavy atom.